The SMILES string of the molecule is CN=C(NCC1(c2ccccc2F)CC1)N1CCC(N2CCCC2)C1. The van der Waals surface area contributed by atoms with Gasteiger partial charge in [0, 0.05) is 38.1 Å². The molecule has 0 spiro atoms. The molecule has 0 bridgehead atoms. The quantitative estimate of drug-likeness (QED) is 0.673. The molecule has 0 radical (unpaired) electrons. The second kappa shape index (κ2) is 6.94. The van der Waals surface area contributed by atoms with E-state index in [1.54, 1.807) is 12.1 Å². The van der Waals surface area contributed by atoms with Gasteiger partial charge in [-0.05, 0) is 56.8 Å². The van der Waals surface area contributed by atoms with Gasteiger partial charge >= 0.3 is 0 Å². The van der Waals surface area contributed by atoms with Crippen LogP contribution in [0.4, 0.5) is 4.39 Å². The smallest absolute Gasteiger partial charge is 0.193 e. The van der Waals surface area contributed by atoms with Crippen molar-refractivity contribution in [2.45, 2.75) is 43.6 Å². The van der Waals surface area contributed by atoms with Gasteiger partial charge in [0.1, 0.15) is 5.82 Å². The lowest BCUT2D eigenvalue weighted by Crippen LogP contribution is -2.45. The van der Waals surface area contributed by atoms with Gasteiger partial charge < -0.3 is 10.2 Å². The molecule has 1 aliphatic carbocycles. The van der Waals surface area contributed by atoms with Crippen molar-refractivity contribution in [3.05, 3.63) is 35.6 Å². The van der Waals surface area contributed by atoms with E-state index >= 15 is 0 Å². The Morgan fingerprint density at radius 2 is 2.00 bits per heavy atom. The van der Waals surface area contributed by atoms with Gasteiger partial charge in [0.25, 0.3) is 0 Å². The van der Waals surface area contributed by atoms with Gasteiger partial charge in [-0.15, -0.1) is 0 Å². The minimum Gasteiger partial charge on any atom is -0.355 e. The fourth-order valence-corrected chi connectivity index (χ4v) is 4.50. The molecule has 1 aromatic rings. The van der Waals surface area contributed by atoms with Gasteiger partial charge in [0.15, 0.2) is 5.96 Å². The summed E-state index contributed by atoms with van der Waals surface area (Å²) in [4.78, 5) is 9.51. The van der Waals surface area contributed by atoms with E-state index in [9.17, 15) is 4.39 Å². The normalized spacial score (nSPS) is 26.2. The summed E-state index contributed by atoms with van der Waals surface area (Å²) in [6.07, 6.45) is 6.01. The summed E-state index contributed by atoms with van der Waals surface area (Å²) < 4.78 is 14.2. The molecule has 1 atom stereocenters. The van der Waals surface area contributed by atoms with Crippen LogP contribution >= 0.6 is 0 Å². The number of halogens is 1. The van der Waals surface area contributed by atoms with Crippen LogP contribution in [0.25, 0.3) is 0 Å². The van der Waals surface area contributed by atoms with Gasteiger partial charge in [0.2, 0.25) is 0 Å². The Morgan fingerprint density at radius 1 is 1.24 bits per heavy atom. The van der Waals surface area contributed by atoms with Gasteiger partial charge in [-0.1, -0.05) is 18.2 Å². The van der Waals surface area contributed by atoms with Crippen molar-refractivity contribution in [3.8, 4) is 0 Å². The second-order valence-corrected chi connectivity index (χ2v) is 7.79. The van der Waals surface area contributed by atoms with Crippen LogP contribution in [0, 0.1) is 5.82 Å². The number of likely N-dealkylation sites (tertiary alicyclic amines) is 2. The summed E-state index contributed by atoms with van der Waals surface area (Å²) in [5.74, 6) is 0.899. The van der Waals surface area contributed by atoms with E-state index in [1.807, 2.05) is 19.2 Å². The van der Waals surface area contributed by atoms with Crippen molar-refractivity contribution in [1.82, 2.24) is 15.1 Å². The fraction of sp³-hybridized carbons (Fsp3) is 0.650. The highest BCUT2D eigenvalue weighted by Gasteiger charge is 2.46. The van der Waals surface area contributed by atoms with Crippen LogP contribution in [-0.4, -0.2) is 61.6 Å². The number of hydrogen-bond donors (Lipinski definition) is 1. The van der Waals surface area contributed by atoms with E-state index in [0.717, 1.165) is 44.0 Å². The summed E-state index contributed by atoms with van der Waals surface area (Å²) in [6.45, 7) is 5.40. The van der Waals surface area contributed by atoms with Crippen LogP contribution in [-0.2, 0) is 5.41 Å². The van der Waals surface area contributed by atoms with E-state index in [0.29, 0.717) is 6.04 Å². The third kappa shape index (κ3) is 3.39. The molecule has 3 aliphatic rings. The lowest BCUT2D eigenvalue weighted by atomic mass is 9.95. The molecule has 1 N–H and O–H groups in total. The van der Waals surface area contributed by atoms with Gasteiger partial charge in [-0.25, -0.2) is 4.39 Å². The lowest BCUT2D eigenvalue weighted by molar-refractivity contribution is 0.249. The molecule has 4 nitrogen and oxygen atoms in total. The molecule has 2 saturated heterocycles. The van der Waals surface area contributed by atoms with Gasteiger partial charge in [0.05, 0.1) is 0 Å². The van der Waals surface area contributed by atoms with E-state index in [1.165, 1.54) is 32.4 Å². The summed E-state index contributed by atoms with van der Waals surface area (Å²) in [5.41, 5.74) is 0.810. The highest BCUT2D eigenvalue weighted by Crippen LogP contribution is 2.48. The number of rotatable bonds is 4. The van der Waals surface area contributed by atoms with Crippen molar-refractivity contribution in [3.63, 3.8) is 0 Å². The Balaban J connectivity index is 1.36. The first-order valence-electron chi connectivity index (χ1n) is 9.66. The van der Waals surface area contributed by atoms with Gasteiger partial charge in [-0.2, -0.15) is 0 Å². The number of hydrogen-bond acceptors (Lipinski definition) is 2. The molecule has 25 heavy (non-hydrogen) atoms. The van der Waals surface area contributed by atoms with E-state index in [4.69, 9.17) is 0 Å². The summed E-state index contributed by atoms with van der Waals surface area (Å²) in [6, 6.07) is 7.89. The minimum absolute atomic E-state index is 0.0463. The Hall–Kier alpha value is -1.62. The highest BCUT2D eigenvalue weighted by molar-refractivity contribution is 5.80. The largest absolute Gasteiger partial charge is 0.355 e. The average molecular weight is 344 g/mol. The summed E-state index contributed by atoms with van der Waals surface area (Å²) >= 11 is 0. The van der Waals surface area contributed by atoms with Gasteiger partial charge in [-0.3, -0.25) is 9.89 Å². The van der Waals surface area contributed by atoms with Crippen LogP contribution in [0.1, 0.15) is 37.7 Å². The molecule has 5 heteroatoms. The van der Waals surface area contributed by atoms with Crippen LogP contribution in [0.5, 0.6) is 0 Å². The molecule has 3 fully saturated rings. The van der Waals surface area contributed by atoms with Crippen molar-refractivity contribution in [2.24, 2.45) is 4.99 Å². The number of aliphatic imine (C=N–C) groups is 1. The third-order valence-corrected chi connectivity index (χ3v) is 6.22. The maximum absolute atomic E-state index is 14.2. The zero-order chi connectivity index (χ0) is 17.3. The van der Waals surface area contributed by atoms with Crippen molar-refractivity contribution < 1.29 is 4.39 Å². The molecule has 0 amide bonds. The third-order valence-electron chi connectivity index (χ3n) is 6.22. The number of guanidine groups is 1. The molecule has 2 aliphatic heterocycles. The first kappa shape index (κ1) is 16.8. The zero-order valence-electron chi connectivity index (χ0n) is 15.2. The molecule has 136 valence electrons. The van der Waals surface area contributed by atoms with Crippen molar-refractivity contribution >= 4 is 5.96 Å². The fourth-order valence-electron chi connectivity index (χ4n) is 4.50. The zero-order valence-corrected chi connectivity index (χ0v) is 15.2. The molecular formula is C20H29FN4. The lowest BCUT2D eigenvalue weighted by Gasteiger charge is -2.27. The van der Waals surface area contributed by atoms with E-state index in [2.05, 4.69) is 20.1 Å². The van der Waals surface area contributed by atoms with E-state index in [-0.39, 0.29) is 11.2 Å². The topological polar surface area (TPSA) is 30.9 Å². The van der Waals surface area contributed by atoms with Crippen LogP contribution in [0.2, 0.25) is 0 Å². The number of nitrogens with zero attached hydrogens (tertiary/aromatic N) is 3. The number of benzene rings is 1. The average Bonchev–Trinajstić information content (AvgIpc) is 3.03. The monoisotopic (exact) mass is 344 g/mol. The summed E-state index contributed by atoms with van der Waals surface area (Å²) in [5, 5.41) is 3.54. The molecule has 1 unspecified atom stereocenters. The highest BCUT2D eigenvalue weighted by atomic mass is 19.1. The van der Waals surface area contributed by atoms with Crippen molar-refractivity contribution in [1.29, 1.82) is 0 Å². The second-order valence-electron chi connectivity index (χ2n) is 7.79. The predicted octanol–water partition coefficient (Wildman–Crippen LogP) is 2.60. The van der Waals surface area contributed by atoms with Crippen molar-refractivity contribution in [2.75, 3.05) is 39.8 Å². The number of nitrogens with one attached hydrogen (secondary N) is 1. The Kier molecular flexibility index (Phi) is 4.67. The molecular weight excluding hydrogens is 315 g/mol. The molecule has 2 heterocycles. The first-order chi connectivity index (χ1) is 12.2. The standard InChI is InChI=1S/C20H29FN4/c1-22-19(25-13-8-16(14-25)24-11-4-5-12-24)23-15-20(9-10-20)17-6-2-3-7-18(17)21/h2-3,6-7,16H,4-5,8-15H2,1H3,(H,22,23). The maximum atomic E-state index is 14.2. The van der Waals surface area contributed by atoms with Crippen LogP contribution in [0.3, 0.4) is 0 Å². The molecule has 1 saturated carbocycles. The molecule has 1 aromatic carbocycles. The maximum Gasteiger partial charge on any atom is 0.193 e. The Bertz CT molecular complexity index is 634. The molecule has 4 rings (SSSR count). The molecule has 0 aromatic heterocycles. The predicted molar refractivity (Wildman–Crippen MR) is 99.5 cm³/mol. The minimum atomic E-state index is -0.0768. The summed E-state index contributed by atoms with van der Waals surface area (Å²) in [7, 11) is 1.86. The van der Waals surface area contributed by atoms with Crippen LogP contribution < -0.4 is 5.32 Å². The van der Waals surface area contributed by atoms with Crippen LogP contribution in [0.15, 0.2) is 29.3 Å². The Morgan fingerprint density at radius 3 is 2.68 bits per heavy atom. The van der Waals surface area contributed by atoms with E-state index < -0.39 is 0 Å². The first-order valence-corrected chi connectivity index (χ1v) is 9.66. The Labute approximate surface area is 150 Å².